The minimum Gasteiger partial charge on any atom is -0.508 e. The lowest BCUT2D eigenvalue weighted by Crippen LogP contribution is -1.92. The van der Waals surface area contributed by atoms with Gasteiger partial charge in [0.2, 0.25) is 0 Å². The van der Waals surface area contributed by atoms with Gasteiger partial charge >= 0.3 is 0 Å². The monoisotopic (exact) mass is 240 g/mol. The summed E-state index contributed by atoms with van der Waals surface area (Å²) >= 11 is 0. The summed E-state index contributed by atoms with van der Waals surface area (Å²) in [5, 5.41) is 16.5. The van der Waals surface area contributed by atoms with E-state index in [0.29, 0.717) is 11.3 Å². The van der Waals surface area contributed by atoms with Gasteiger partial charge in [-0.25, -0.2) is 0 Å². The van der Waals surface area contributed by atoms with Crippen molar-refractivity contribution in [1.82, 2.24) is 0 Å². The molecule has 0 aromatic heterocycles. The first-order chi connectivity index (χ1) is 8.65. The predicted molar refractivity (Wildman–Crippen MR) is 68.1 cm³/mol. The van der Waals surface area contributed by atoms with E-state index in [2.05, 4.69) is 10.2 Å². The van der Waals surface area contributed by atoms with Crippen LogP contribution >= 0.6 is 0 Å². The van der Waals surface area contributed by atoms with E-state index in [1.165, 1.54) is 12.1 Å². The molecule has 1 amide bonds. The van der Waals surface area contributed by atoms with Gasteiger partial charge in [-0.2, -0.15) is 0 Å². The Hall–Kier alpha value is -2.49. The maximum atomic E-state index is 11.7. The van der Waals surface area contributed by atoms with Gasteiger partial charge in [-0.15, -0.1) is 10.2 Å². The molecule has 4 heteroatoms. The van der Waals surface area contributed by atoms with Crippen LogP contribution in [0, 0.1) is 6.92 Å². The molecule has 0 aliphatic rings. The summed E-state index contributed by atoms with van der Waals surface area (Å²) in [6, 6.07) is 13.3. The smallest absolute Gasteiger partial charge is 0.295 e. The molecule has 0 fully saturated rings. The molecule has 0 heterocycles. The molecule has 2 aromatic carbocycles. The molecule has 0 spiro atoms. The van der Waals surface area contributed by atoms with Crippen LogP contribution < -0.4 is 0 Å². The van der Waals surface area contributed by atoms with Crippen molar-refractivity contribution < 1.29 is 9.90 Å². The third kappa shape index (κ3) is 3.01. The Morgan fingerprint density at radius 3 is 2.22 bits per heavy atom. The highest BCUT2D eigenvalue weighted by atomic mass is 16.3. The van der Waals surface area contributed by atoms with Crippen LogP contribution in [0.4, 0.5) is 5.69 Å². The van der Waals surface area contributed by atoms with Crippen LogP contribution in [-0.4, -0.2) is 11.0 Å². The minimum atomic E-state index is -0.386. The van der Waals surface area contributed by atoms with Crippen molar-refractivity contribution >= 4 is 11.6 Å². The van der Waals surface area contributed by atoms with E-state index in [-0.39, 0.29) is 11.7 Å². The molecule has 0 bridgehead atoms. The Kier molecular flexibility index (Phi) is 3.48. The van der Waals surface area contributed by atoms with Crippen molar-refractivity contribution in [3.05, 3.63) is 59.7 Å². The first kappa shape index (κ1) is 12.0. The van der Waals surface area contributed by atoms with Crippen molar-refractivity contribution in [1.29, 1.82) is 0 Å². The van der Waals surface area contributed by atoms with Gasteiger partial charge in [0.05, 0.1) is 5.69 Å². The number of nitrogens with zero attached hydrogens (tertiary/aromatic N) is 2. The topological polar surface area (TPSA) is 62.0 Å². The fraction of sp³-hybridized carbons (Fsp3) is 0.0714. The molecule has 0 radical (unpaired) electrons. The second-order valence-corrected chi connectivity index (χ2v) is 3.89. The Morgan fingerprint density at radius 2 is 1.61 bits per heavy atom. The molecule has 18 heavy (non-hydrogen) atoms. The lowest BCUT2D eigenvalue weighted by atomic mass is 10.1. The molecular formula is C14H12N2O2. The molecule has 0 atom stereocenters. The number of hydrogen-bond acceptors (Lipinski definition) is 3. The van der Waals surface area contributed by atoms with Gasteiger partial charge in [-0.3, -0.25) is 4.79 Å². The molecule has 0 saturated carbocycles. The number of carbonyl (C=O) groups excluding carboxylic acids is 1. The molecule has 0 saturated heterocycles. The molecule has 0 aliphatic carbocycles. The van der Waals surface area contributed by atoms with Crippen LogP contribution in [0.3, 0.4) is 0 Å². The number of hydrogen-bond donors (Lipinski definition) is 1. The number of azo groups is 1. The van der Waals surface area contributed by atoms with Crippen molar-refractivity contribution in [2.45, 2.75) is 6.92 Å². The number of phenols is 1. The second-order valence-electron chi connectivity index (χ2n) is 3.89. The summed E-state index contributed by atoms with van der Waals surface area (Å²) in [5.41, 5.74) is 2.11. The van der Waals surface area contributed by atoms with Crippen molar-refractivity contribution in [3.63, 3.8) is 0 Å². The van der Waals surface area contributed by atoms with E-state index in [1.54, 1.807) is 24.3 Å². The number of benzene rings is 2. The lowest BCUT2D eigenvalue weighted by Gasteiger charge is -1.96. The highest BCUT2D eigenvalue weighted by Crippen LogP contribution is 2.17. The van der Waals surface area contributed by atoms with E-state index >= 15 is 0 Å². The third-order valence-corrected chi connectivity index (χ3v) is 2.40. The first-order valence-electron chi connectivity index (χ1n) is 5.47. The highest BCUT2D eigenvalue weighted by Gasteiger charge is 2.02. The molecule has 1 N–H and O–H groups in total. The molecule has 2 aromatic rings. The highest BCUT2D eigenvalue weighted by molar-refractivity contribution is 5.94. The third-order valence-electron chi connectivity index (χ3n) is 2.40. The van der Waals surface area contributed by atoms with E-state index in [9.17, 15) is 4.79 Å². The first-order valence-corrected chi connectivity index (χ1v) is 5.47. The number of phenolic OH excluding ortho intramolecular Hbond substituents is 1. The van der Waals surface area contributed by atoms with Crippen LogP contribution in [0.15, 0.2) is 58.8 Å². The van der Waals surface area contributed by atoms with Crippen LogP contribution in [0.1, 0.15) is 15.9 Å². The van der Waals surface area contributed by atoms with Crippen molar-refractivity contribution in [3.8, 4) is 5.75 Å². The number of aryl methyl sites for hydroxylation is 1. The normalized spacial score (nSPS) is 10.7. The summed E-state index contributed by atoms with van der Waals surface area (Å²) in [5.74, 6) is -0.234. The van der Waals surface area contributed by atoms with Crippen LogP contribution in [0.5, 0.6) is 5.75 Å². The predicted octanol–water partition coefficient (Wildman–Crippen LogP) is 3.62. The summed E-state index contributed by atoms with van der Waals surface area (Å²) in [4.78, 5) is 11.7. The molecule has 0 unspecified atom stereocenters. The summed E-state index contributed by atoms with van der Waals surface area (Å²) < 4.78 is 0. The van der Waals surface area contributed by atoms with Gasteiger partial charge in [-0.1, -0.05) is 17.7 Å². The lowest BCUT2D eigenvalue weighted by molar-refractivity contribution is 0.0995. The molecule has 90 valence electrons. The van der Waals surface area contributed by atoms with Crippen LogP contribution in [0.25, 0.3) is 0 Å². The quantitative estimate of drug-likeness (QED) is 0.815. The van der Waals surface area contributed by atoms with Gasteiger partial charge in [0.15, 0.2) is 0 Å². The Balaban J connectivity index is 2.11. The maximum absolute atomic E-state index is 11.7. The van der Waals surface area contributed by atoms with E-state index in [1.807, 2.05) is 19.1 Å². The number of aromatic hydroxyl groups is 1. The largest absolute Gasteiger partial charge is 0.508 e. The van der Waals surface area contributed by atoms with Gasteiger partial charge in [0.1, 0.15) is 5.75 Å². The Labute approximate surface area is 105 Å². The fourth-order valence-corrected chi connectivity index (χ4v) is 1.38. The average Bonchev–Trinajstić information content (AvgIpc) is 2.38. The van der Waals surface area contributed by atoms with E-state index in [0.717, 1.165) is 5.56 Å². The maximum Gasteiger partial charge on any atom is 0.295 e. The Morgan fingerprint density at radius 1 is 1.00 bits per heavy atom. The number of amides is 1. The van der Waals surface area contributed by atoms with Gasteiger partial charge in [0, 0.05) is 5.56 Å². The minimum absolute atomic E-state index is 0.152. The van der Waals surface area contributed by atoms with Crippen molar-refractivity contribution in [2.75, 3.05) is 0 Å². The zero-order chi connectivity index (χ0) is 13.0. The van der Waals surface area contributed by atoms with E-state index < -0.39 is 0 Å². The molecule has 0 aliphatic heterocycles. The molecular weight excluding hydrogens is 228 g/mol. The summed E-state index contributed by atoms with van der Waals surface area (Å²) in [6.07, 6.45) is 0. The summed E-state index contributed by atoms with van der Waals surface area (Å²) in [6.45, 7) is 1.95. The number of carbonyl (C=O) groups is 1. The van der Waals surface area contributed by atoms with Crippen molar-refractivity contribution in [2.24, 2.45) is 10.2 Å². The molecule has 4 nitrogen and oxygen atoms in total. The molecule has 2 rings (SSSR count). The Bertz CT molecular complexity index is 572. The van der Waals surface area contributed by atoms with E-state index in [4.69, 9.17) is 5.11 Å². The van der Waals surface area contributed by atoms with Crippen LogP contribution in [0.2, 0.25) is 0 Å². The standard InChI is InChI=1S/C14H12N2O2/c1-10-2-4-11(5-3-10)14(18)16-15-12-6-8-13(17)9-7-12/h2-9,17H,1H3/b16-15+. The second kappa shape index (κ2) is 5.23. The SMILES string of the molecule is Cc1ccc(C(=O)/N=N/c2ccc(O)cc2)cc1. The average molecular weight is 240 g/mol. The van der Waals surface area contributed by atoms with Crippen LogP contribution in [-0.2, 0) is 0 Å². The van der Waals surface area contributed by atoms with Gasteiger partial charge in [0.25, 0.3) is 5.91 Å². The summed E-state index contributed by atoms with van der Waals surface area (Å²) in [7, 11) is 0. The zero-order valence-corrected chi connectivity index (χ0v) is 9.87. The zero-order valence-electron chi connectivity index (χ0n) is 9.87. The number of rotatable bonds is 2. The van der Waals surface area contributed by atoms with Gasteiger partial charge in [-0.05, 0) is 43.3 Å². The van der Waals surface area contributed by atoms with Gasteiger partial charge < -0.3 is 5.11 Å². The fourth-order valence-electron chi connectivity index (χ4n) is 1.38.